The zero-order valence-electron chi connectivity index (χ0n) is 11.7. The Labute approximate surface area is 120 Å². The summed E-state index contributed by atoms with van der Waals surface area (Å²) in [6.45, 7) is 2.16. The number of benzene rings is 2. The van der Waals surface area contributed by atoms with Gasteiger partial charge in [-0.05, 0) is 47.2 Å². The molecule has 2 aromatic carbocycles. The molecule has 0 aliphatic heterocycles. The summed E-state index contributed by atoms with van der Waals surface area (Å²) in [7, 11) is 0. The Morgan fingerprint density at radius 3 is 2.45 bits per heavy atom. The Hall–Kier alpha value is -2.34. The Morgan fingerprint density at radius 1 is 0.800 bits per heavy atom. The smallest absolute Gasteiger partial charge is 0.0157 e. The second-order valence-electron chi connectivity index (χ2n) is 5.14. The highest BCUT2D eigenvalue weighted by Crippen LogP contribution is 2.27. The zero-order chi connectivity index (χ0) is 13.8. The van der Waals surface area contributed by atoms with Crippen LogP contribution in [0.4, 0.5) is 0 Å². The summed E-state index contributed by atoms with van der Waals surface area (Å²) in [6, 6.07) is 17.4. The van der Waals surface area contributed by atoms with Crippen molar-refractivity contribution in [1.82, 2.24) is 0 Å². The van der Waals surface area contributed by atoms with Gasteiger partial charge < -0.3 is 0 Å². The van der Waals surface area contributed by atoms with Crippen molar-refractivity contribution < 1.29 is 0 Å². The van der Waals surface area contributed by atoms with Gasteiger partial charge in [-0.3, -0.25) is 0 Å². The number of hydrogen-bond acceptors (Lipinski definition) is 0. The molecule has 0 heteroatoms. The van der Waals surface area contributed by atoms with Gasteiger partial charge in [0.05, 0.1) is 0 Å². The van der Waals surface area contributed by atoms with E-state index in [1.807, 2.05) is 0 Å². The maximum atomic E-state index is 2.28. The molecule has 98 valence electrons. The lowest BCUT2D eigenvalue weighted by molar-refractivity contribution is 1.39. The molecule has 0 saturated heterocycles. The van der Waals surface area contributed by atoms with Crippen LogP contribution in [0.2, 0.25) is 0 Å². The quantitative estimate of drug-likeness (QED) is 0.661. The summed E-state index contributed by atoms with van der Waals surface area (Å²) in [4.78, 5) is 0. The molecule has 2 aromatic rings. The van der Waals surface area contributed by atoms with Gasteiger partial charge in [-0.1, -0.05) is 72.8 Å². The first-order chi connectivity index (χ1) is 9.83. The molecular weight excluding hydrogens is 240 g/mol. The molecule has 20 heavy (non-hydrogen) atoms. The molecule has 3 rings (SSSR count). The van der Waals surface area contributed by atoms with Crippen LogP contribution in [0.15, 0.2) is 78.9 Å². The van der Waals surface area contributed by atoms with E-state index in [1.54, 1.807) is 0 Å². The number of aryl methyl sites for hydroxylation is 1. The maximum Gasteiger partial charge on any atom is -0.0157 e. The van der Waals surface area contributed by atoms with Crippen LogP contribution in [-0.4, -0.2) is 0 Å². The fourth-order valence-electron chi connectivity index (χ4n) is 2.54. The molecule has 0 aromatic heterocycles. The standard InChI is InChI=1S/C20H18/c1-16-13-19(17-9-5-2-3-6-10-17)15-20(14-16)18-11-7-4-8-12-18/h2-5,7-15H,6H2,1H3. The van der Waals surface area contributed by atoms with Gasteiger partial charge in [-0.15, -0.1) is 0 Å². The van der Waals surface area contributed by atoms with E-state index in [-0.39, 0.29) is 0 Å². The van der Waals surface area contributed by atoms with Gasteiger partial charge in [0.25, 0.3) is 0 Å². The summed E-state index contributed by atoms with van der Waals surface area (Å²) in [5.41, 5.74) is 6.45. The highest BCUT2D eigenvalue weighted by Gasteiger charge is 2.04. The molecule has 0 saturated carbocycles. The van der Waals surface area contributed by atoms with Crippen LogP contribution >= 0.6 is 0 Å². The van der Waals surface area contributed by atoms with Gasteiger partial charge in [0.2, 0.25) is 0 Å². The summed E-state index contributed by atoms with van der Waals surface area (Å²) in [6.07, 6.45) is 11.9. The van der Waals surface area contributed by atoms with E-state index in [4.69, 9.17) is 0 Å². The molecule has 0 spiro atoms. The lowest BCUT2D eigenvalue weighted by atomic mass is 9.96. The Bertz CT molecular complexity index is 685. The Morgan fingerprint density at radius 2 is 1.60 bits per heavy atom. The van der Waals surface area contributed by atoms with Crippen LogP contribution in [0.5, 0.6) is 0 Å². The third-order valence-electron chi connectivity index (χ3n) is 3.51. The molecule has 0 heterocycles. The highest BCUT2D eigenvalue weighted by molar-refractivity contribution is 5.79. The van der Waals surface area contributed by atoms with Gasteiger partial charge in [-0.25, -0.2) is 0 Å². The predicted octanol–water partition coefficient (Wildman–Crippen LogP) is 5.56. The highest BCUT2D eigenvalue weighted by atomic mass is 14.1. The summed E-state index contributed by atoms with van der Waals surface area (Å²) in [5, 5.41) is 0. The van der Waals surface area contributed by atoms with E-state index in [0.717, 1.165) is 6.42 Å². The van der Waals surface area contributed by atoms with Crippen molar-refractivity contribution in [1.29, 1.82) is 0 Å². The monoisotopic (exact) mass is 258 g/mol. The third kappa shape index (κ3) is 2.80. The van der Waals surface area contributed by atoms with Crippen molar-refractivity contribution in [2.24, 2.45) is 0 Å². The van der Waals surface area contributed by atoms with Crippen LogP contribution in [0.25, 0.3) is 16.7 Å². The third-order valence-corrected chi connectivity index (χ3v) is 3.51. The van der Waals surface area contributed by atoms with Gasteiger partial charge in [0, 0.05) is 0 Å². The Balaban J connectivity index is 2.05. The molecule has 0 bridgehead atoms. The largest absolute Gasteiger partial charge is 0.0807 e. The topological polar surface area (TPSA) is 0 Å². The fraction of sp³-hybridized carbons (Fsp3) is 0.100. The van der Waals surface area contributed by atoms with E-state index >= 15 is 0 Å². The van der Waals surface area contributed by atoms with Gasteiger partial charge in [0.1, 0.15) is 0 Å². The molecule has 0 atom stereocenters. The van der Waals surface area contributed by atoms with Crippen LogP contribution in [0.1, 0.15) is 17.5 Å². The number of hydrogen-bond donors (Lipinski definition) is 0. The summed E-state index contributed by atoms with van der Waals surface area (Å²) in [5.74, 6) is 0. The van der Waals surface area contributed by atoms with E-state index in [9.17, 15) is 0 Å². The zero-order valence-corrected chi connectivity index (χ0v) is 11.7. The molecule has 0 fully saturated rings. The van der Waals surface area contributed by atoms with Gasteiger partial charge in [0.15, 0.2) is 0 Å². The van der Waals surface area contributed by atoms with Gasteiger partial charge >= 0.3 is 0 Å². The first-order valence-corrected chi connectivity index (χ1v) is 7.04. The van der Waals surface area contributed by atoms with Crippen LogP contribution < -0.4 is 0 Å². The average molecular weight is 258 g/mol. The second-order valence-corrected chi connectivity index (χ2v) is 5.14. The molecule has 0 radical (unpaired) electrons. The molecule has 0 amide bonds. The average Bonchev–Trinajstić information content (AvgIpc) is 2.77. The summed E-state index contributed by atoms with van der Waals surface area (Å²) >= 11 is 0. The predicted molar refractivity (Wildman–Crippen MR) is 87.5 cm³/mol. The maximum absolute atomic E-state index is 2.28. The molecule has 1 aliphatic carbocycles. The van der Waals surface area contributed by atoms with Crippen molar-refractivity contribution in [3.63, 3.8) is 0 Å². The van der Waals surface area contributed by atoms with E-state index < -0.39 is 0 Å². The van der Waals surface area contributed by atoms with E-state index in [0.29, 0.717) is 0 Å². The van der Waals surface area contributed by atoms with Crippen molar-refractivity contribution >= 4 is 5.57 Å². The first-order valence-electron chi connectivity index (χ1n) is 7.04. The van der Waals surface area contributed by atoms with Crippen LogP contribution in [0.3, 0.4) is 0 Å². The van der Waals surface area contributed by atoms with Crippen LogP contribution in [0, 0.1) is 6.92 Å². The number of allylic oxidation sites excluding steroid dienone is 6. The minimum Gasteiger partial charge on any atom is -0.0807 e. The molecule has 0 nitrogen and oxygen atoms in total. The SMILES string of the molecule is Cc1cc(C2=CCC=CC=C2)cc(-c2ccccc2)c1. The van der Waals surface area contributed by atoms with Crippen molar-refractivity contribution in [2.45, 2.75) is 13.3 Å². The van der Waals surface area contributed by atoms with Crippen molar-refractivity contribution in [3.05, 3.63) is 90.0 Å². The second kappa shape index (κ2) is 5.75. The number of rotatable bonds is 2. The lowest BCUT2D eigenvalue weighted by Crippen LogP contribution is -1.87. The lowest BCUT2D eigenvalue weighted by Gasteiger charge is -2.09. The Kier molecular flexibility index (Phi) is 3.64. The van der Waals surface area contributed by atoms with Gasteiger partial charge in [-0.2, -0.15) is 0 Å². The van der Waals surface area contributed by atoms with E-state index in [1.165, 1.54) is 27.8 Å². The molecule has 0 unspecified atom stereocenters. The van der Waals surface area contributed by atoms with E-state index in [2.05, 4.69) is 85.8 Å². The van der Waals surface area contributed by atoms with Crippen LogP contribution in [-0.2, 0) is 0 Å². The van der Waals surface area contributed by atoms with Crippen molar-refractivity contribution in [2.75, 3.05) is 0 Å². The first kappa shape index (κ1) is 12.7. The minimum absolute atomic E-state index is 0.997. The minimum atomic E-state index is 0.997. The summed E-state index contributed by atoms with van der Waals surface area (Å²) < 4.78 is 0. The normalized spacial score (nSPS) is 13.9. The van der Waals surface area contributed by atoms with Crippen molar-refractivity contribution in [3.8, 4) is 11.1 Å². The molecule has 0 N–H and O–H groups in total. The fourth-order valence-corrected chi connectivity index (χ4v) is 2.54. The molecular formula is C20H18. The molecule has 1 aliphatic rings.